The van der Waals surface area contributed by atoms with Gasteiger partial charge in [-0.15, -0.1) is 5.10 Å². The maximum Gasteiger partial charge on any atom is 0.322 e. The van der Waals surface area contributed by atoms with E-state index in [1.165, 1.54) is 16.4 Å². The molecule has 0 unspecified atom stereocenters. The first-order valence-corrected chi connectivity index (χ1v) is 12.1. The molecule has 34 heavy (non-hydrogen) atoms. The van der Waals surface area contributed by atoms with Gasteiger partial charge in [-0.1, -0.05) is 11.2 Å². The predicted octanol–water partition coefficient (Wildman–Crippen LogP) is 2.57. The molecule has 1 aromatic heterocycles. The van der Waals surface area contributed by atoms with Gasteiger partial charge in [-0.25, -0.2) is 12.8 Å². The number of hydrogen-bond acceptors (Lipinski definition) is 8. The molecule has 0 atom stereocenters. The van der Waals surface area contributed by atoms with Crippen LogP contribution in [0.3, 0.4) is 0 Å². The first-order chi connectivity index (χ1) is 16.4. The molecule has 2 aliphatic rings. The number of anilines is 1. The number of carbonyl (C=O) groups is 1. The molecule has 0 aliphatic carbocycles. The van der Waals surface area contributed by atoms with Crippen LogP contribution in [-0.2, 0) is 21.2 Å². The van der Waals surface area contributed by atoms with Crippen molar-refractivity contribution in [2.45, 2.75) is 24.2 Å². The Labute approximate surface area is 194 Å². The molecule has 1 fully saturated rings. The van der Waals surface area contributed by atoms with Gasteiger partial charge in [0, 0.05) is 19.0 Å². The molecule has 12 heteroatoms. The second kappa shape index (κ2) is 9.03. The Balaban J connectivity index is 1.15. The maximum atomic E-state index is 13.1. The fourth-order valence-corrected chi connectivity index (χ4v) is 5.39. The smallest absolute Gasteiger partial charge is 0.322 e. The van der Waals surface area contributed by atoms with E-state index >= 15 is 0 Å². The number of piperidine rings is 1. The number of ether oxygens (including phenoxy) is 2. The summed E-state index contributed by atoms with van der Waals surface area (Å²) < 4.78 is 56.1. The fraction of sp³-hybridized carbons (Fsp3) is 0.318. The van der Waals surface area contributed by atoms with E-state index in [2.05, 4.69) is 15.5 Å². The number of amides is 1. The highest BCUT2D eigenvalue weighted by atomic mass is 32.2. The van der Waals surface area contributed by atoms with Crippen LogP contribution in [0.1, 0.15) is 24.3 Å². The molecule has 10 nitrogen and oxygen atoms in total. The molecule has 0 bridgehead atoms. The van der Waals surface area contributed by atoms with Gasteiger partial charge in [0.05, 0.1) is 11.3 Å². The Kier molecular flexibility index (Phi) is 5.92. The van der Waals surface area contributed by atoms with Crippen LogP contribution >= 0.6 is 0 Å². The summed E-state index contributed by atoms with van der Waals surface area (Å²) in [6.45, 7) is 0.542. The van der Waals surface area contributed by atoms with Crippen LogP contribution in [0.5, 0.6) is 11.5 Å². The van der Waals surface area contributed by atoms with Crippen molar-refractivity contribution < 1.29 is 31.5 Å². The zero-order chi connectivity index (χ0) is 23.7. The highest BCUT2D eigenvalue weighted by Crippen LogP contribution is 2.33. The van der Waals surface area contributed by atoms with Crippen molar-refractivity contribution in [2.24, 2.45) is 5.92 Å². The fourth-order valence-electron chi connectivity index (χ4n) is 3.92. The Morgan fingerprint density at radius 2 is 1.79 bits per heavy atom. The van der Waals surface area contributed by atoms with E-state index in [9.17, 15) is 17.6 Å². The average Bonchev–Trinajstić information content (AvgIpc) is 3.48. The van der Waals surface area contributed by atoms with E-state index in [0.29, 0.717) is 36.7 Å². The number of hydrogen-bond donors (Lipinski definition) is 1. The summed E-state index contributed by atoms with van der Waals surface area (Å²) in [6.07, 6.45) is 1.04. The zero-order valence-electron chi connectivity index (χ0n) is 17.9. The number of sulfonamides is 1. The minimum Gasteiger partial charge on any atom is -0.454 e. The number of fused-ring (bicyclic) bond motifs is 1. The lowest BCUT2D eigenvalue weighted by atomic mass is 9.97. The van der Waals surface area contributed by atoms with Crippen molar-refractivity contribution in [2.75, 3.05) is 25.2 Å². The molecule has 0 saturated carbocycles. The third kappa shape index (κ3) is 4.59. The van der Waals surface area contributed by atoms with E-state index in [-0.39, 0.29) is 36.7 Å². The standard InChI is InChI=1S/C22H21FN4O6S/c23-16-2-4-17(5-3-16)34(29,30)27-9-7-15(8-10-27)21(28)24-22-26-25-20(33-22)12-14-1-6-18-19(11-14)32-13-31-18/h1-6,11,15H,7-10,12-13H2,(H,24,26,28). The molecular weight excluding hydrogens is 467 g/mol. The van der Waals surface area contributed by atoms with Crippen molar-refractivity contribution >= 4 is 21.9 Å². The first-order valence-electron chi connectivity index (χ1n) is 10.7. The van der Waals surface area contributed by atoms with Crippen molar-refractivity contribution in [3.8, 4) is 11.5 Å². The van der Waals surface area contributed by atoms with Crippen LogP contribution in [-0.4, -0.2) is 48.7 Å². The molecule has 178 valence electrons. The normalized spacial score (nSPS) is 16.5. The molecule has 0 radical (unpaired) electrons. The topological polar surface area (TPSA) is 124 Å². The number of benzene rings is 2. The van der Waals surface area contributed by atoms with Gasteiger partial charge in [0.1, 0.15) is 5.82 Å². The second-order valence-corrected chi connectivity index (χ2v) is 9.92. The first kappa shape index (κ1) is 22.3. The van der Waals surface area contributed by atoms with Gasteiger partial charge in [-0.2, -0.15) is 4.31 Å². The van der Waals surface area contributed by atoms with Crippen LogP contribution in [0.2, 0.25) is 0 Å². The summed E-state index contributed by atoms with van der Waals surface area (Å²) >= 11 is 0. The lowest BCUT2D eigenvalue weighted by Crippen LogP contribution is -2.41. The number of rotatable bonds is 6. The summed E-state index contributed by atoms with van der Waals surface area (Å²) in [6, 6.07) is 10.2. The van der Waals surface area contributed by atoms with Crippen LogP contribution in [0, 0.1) is 11.7 Å². The molecular formula is C22H21FN4O6S. The van der Waals surface area contributed by atoms with E-state index in [1.54, 1.807) is 6.07 Å². The van der Waals surface area contributed by atoms with Gasteiger partial charge in [-0.3, -0.25) is 10.1 Å². The molecule has 1 N–H and O–H groups in total. The third-order valence-corrected chi connectivity index (χ3v) is 7.68. The highest BCUT2D eigenvalue weighted by molar-refractivity contribution is 7.89. The van der Waals surface area contributed by atoms with E-state index in [1.807, 2.05) is 12.1 Å². The Hall–Kier alpha value is -3.51. The molecule has 0 spiro atoms. The van der Waals surface area contributed by atoms with Gasteiger partial charge in [0.15, 0.2) is 11.5 Å². The summed E-state index contributed by atoms with van der Waals surface area (Å²) in [5, 5.41) is 10.5. The minimum atomic E-state index is -3.74. The highest BCUT2D eigenvalue weighted by Gasteiger charge is 2.32. The molecule has 5 rings (SSSR count). The number of nitrogens with zero attached hydrogens (tertiary/aromatic N) is 3. The summed E-state index contributed by atoms with van der Waals surface area (Å²) in [4.78, 5) is 12.7. The van der Waals surface area contributed by atoms with Crippen LogP contribution in [0.4, 0.5) is 10.4 Å². The van der Waals surface area contributed by atoms with Gasteiger partial charge < -0.3 is 13.9 Å². The van der Waals surface area contributed by atoms with Crippen LogP contribution in [0.15, 0.2) is 51.8 Å². The monoisotopic (exact) mass is 488 g/mol. The Bertz CT molecular complexity index is 1300. The molecule has 2 aromatic carbocycles. The molecule has 3 aromatic rings. The van der Waals surface area contributed by atoms with Crippen molar-refractivity contribution in [3.05, 3.63) is 59.7 Å². The average molecular weight is 488 g/mol. The maximum absolute atomic E-state index is 13.1. The number of carbonyl (C=O) groups excluding carboxylic acids is 1. The molecule has 1 amide bonds. The minimum absolute atomic E-state index is 0.0119. The van der Waals surface area contributed by atoms with Gasteiger partial charge in [0.25, 0.3) is 0 Å². The zero-order valence-corrected chi connectivity index (χ0v) is 18.8. The quantitative estimate of drug-likeness (QED) is 0.562. The number of aromatic nitrogens is 2. The van der Waals surface area contributed by atoms with Gasteiger partial charge >= 0.3 is 6.01 Å². The van der Waals surface area contributed by atoms with Crippen LogP contribution < -0.4 is 14.8 Å². The molecule has 2 aliphatic heterocycles. The summed E-state index contributed by atoms with van der Waals surface area (Å²) in [5.41, 5.74) is 0.889. The van der Waals surface area contributed by atoms with Crippen molar-refractivity contribution in [1.29, 1.82) is 0 Å². The number of halogens is 1. The van der Waals surface area contributed by atoms with Crippen molar-refractivity contribution in [3.63, 3.8) is 0 Å². The molecule has 1 saturated heterocycles. The Morgan fingerprint density at radius 1 is 1.06 bits per heavy atom. The van der Waals surface area contributed by atoms with Crippen molar-refractivity contribution in [1.82, 2.24) is 14.5 Å². The van der Waals surface area contributed by atoms with Gasteiger partial charge in [0.2, 0.25) is 28.6 Å². The largest absolute Gasteiger partial charge is 0.454 e. The lowest BCUT2D eigenvalue weighted by molar-refractivity contribution is -0.121. The lowest BCUT2D eigenvalue weighted by Gasteiger charge is -2.30. The van der Waals surface area contributed by atoms with Gasteiger partial charge in [-0.05, 0) is 54.8 Å². The predicted molar refractivity (Wildman–Crippen MR) is 116 cm³/mol. The third-order valence-electron chi connectivity index (χ3n) is 5.77. The second-order valence-electron chi connectivity index (χ2n) is 7.99. The van der Waals surface area contributed by atoms with Crippen LogP contribution in [0.25, 0.3) is 0 Å². The summed E-state index contributed by atoms with van der Waals surface area (Å²) in [7, 11) is -3.74. The van der Waals surface area contributed by atoms with E-state index in [0.717, 1.165) is 17.7 Å². The van der Waals surface area contributed by atoms with E-state index in [4.69, 9.17) is 13.9 Å². The van der Waals surface area contributed by atoms with E-state index < -0.39 is 21.8 Å². The summed E-state index contributed by atoms with van der Waals surface area (Å²) in [5.74, 6) is 0.446. The molecule has 3 heterocycles. The number of nitrogens with one attached hydrogen (secondary N) is 1. The Morgan fingerprint density at radius 3 is 2.56 bits per heavy atom. The SMILES string of the molecule is O=C(Nc1nnc(Cc2ccc3c(c2)OCO3)o1)C1CCN(S(=O)(=O)c2ccc(F)cc2)CC1.